The third-order valence-corrected chi connectivity index (χ3v) is 3.53. The molecule has 0 fully saturated rings. The lowest BCUT2D eigenvalue weighted by atomic mass is 10.1. The third-order valence-electron chi connectivity index (χ3n) is 3.53. The van der Waals surface area contributed by atoms with Crippen LogP contribution in [0.3, 0.4) is 0 Å². The Kier molecular flexibility index (Phi) is 15.4. The van der Waals surface area contributed by atoms with Crippen molar-refractivity contribution >= 4 is 0 Å². The fourth-order valence-corrected chi connectivity index (χ4v) is 2.36. The molecule has 0 heterocycles. The summed E-state index contributed by atoms with van der Waals surface area (Å²) in [7, 11) is 0. The molecule has 0 rings (SSSR count). The van der Waals surface area contributed by atoms with E-state index in [1.54, 1.807) is 0 Å². The number of aliphatic hydroxyl groups excluding tert-OH is 1. The molecule has 0 aliphatic carbocycles. The molecule has 17 heavy (non-hydrogen) atoms. The predicted molar refractivity (Wildman–Crippen MR) is 71.5 cm³/mol. The number of unbranched alkanes of at least 4 members (excludes halogenated alkanes) is 3. The van der Waals surface area contributed by atoms with Gasteiger partial charge in [0.05, 0.1) is 26.2 Å². The van der Waals surface area contributed by atoms with Gasteiger partial charge in [0, 0.05) is 0 Å². The summed E-state index contributed by atoms with van der Waals surface area (Å²) < 4.78 is 1.16. The maximum Gasteiger partial charge on any atom is 0.102 e. The minimum absolute atomic E-state index is 0. The second-order valence-corrected chi connectivity index (χ2v) is 5.02. The highest BCUT2D eigenvalue weighted by atomic mass is 127. The standard InChI is InChI=1S/C14H32NO.HI/c1-4-7-10-15(13-14-16,11-8-5-2)12-9-6-3;/h16H,4-14H2,1-3H3;1H/q+1;/p-1. The Labute approximate surface area is 125 Å². The van der Waals surface area contributed by atoms with Crippen LogP contribution in [0.2, 0.25) is 0 Å². The highest BCUT2D eigenvalue weighted by Crippen LogP contribution is 2.14. The number of quaternary nitrogens is 1. The van der Waals surface area contributed by atoms with Crippen LogP contribution in [0.5, 0.6) is 0 Å². The molecule has 0 aliphatic heterocycles. The first-order valence-corrected chi connectivity index (χ1v) is 7.20. The molecule has 0 unspecified atom stereocenters. The fraction of sp³-hybridized carbons (Fsp3) is 1.00. The van der Waals surface area contributed by atoms with Gasteiger partial charge in [-0.25, -0.2) is 0 Å². The van der Waals surface area contributed by atoms with E-state index in [1.807, 2.05) is 0 Å². The molecule has 0 atom stereocenters. The first-order chi connectivity index (χ1) is 7.74. The summed E-state index contributed by atoms with van der Waals surface area (Å²) >= 11 is 0. The molecular weight excluding hydrogens is 325 g/mol. The smallest absolute Gasteiger partial charge is 0.102 e. The molecular formula is C14H32INO. The summed E-state index contributed by atoms with van der Waals surface area (Å²) in [4.78, 5) is 0. The quantitative estimate of drug-likeness (QED) is 0.414. The summed E-state index contributed by atoms with van der Waals surface area (Å²) in [6.45, 7) is 11.9. The maximum absolute atomic E-state index is 9.28. The molecule has 0 amide bonds. The van der Waals surface area contributed by atoms with Crippen molar-refractivity contribution < 1.29 is 33.6 Å². The van der Waals surface area contributed by atoms with E-state index in [1.165, 1.54) is 58.2 Å². The zero-order valence-corrected chi connectivity index (χ0v) is 14.2. The average molecular weight is 357 g/mol. The fourth-order valence-electron chi connectivity index (χ4n) is 2.36. The molecule has 2 nitrogen and oxygen atoms in total. The van der Waals surface area contributed by atoms with Gasteiger partial charge in [0.15, 0.2) is 0 Å². The van der Waals surface area contributed by atoms with Crippen molar-refractivity contribution in [2.75, 3.05) is 32.8 Å². The second-order valence-electron chi connectivity index (χ2n) is 5.02. The Morgan fingerprint density at radius 1 is 0.706 bits per heavy atom. The number of rotatable bonds is 11. The van der Waals surface area contributed by atoms with Crippen molar-refractivity contribution in [1.29, 1.82) is 0 Å². The summed E-state index contributed by atoms with van der Waals surface area (Å²) in [5.74, 6) is 0. The normalized spacial score (nSPS) is 11.3. The molecule has 0 radical (unpaired) electrons. The number of hydrogen-bond donors (Lipinski definition) is 1. The van der Waals surface area contributed by atoms with E-state index in [2.05, 4.69) is 20.8 Å². The van der Waals surface area contributed by atoms with E-state index in [9.17, 15) is 5.11 Å². The molecule has 3 heteroatoms. The monoisotopic (exact) mass is 357 g/mol. The Morgan fingerprint density at radius 2 is 1.06 bits per heavy atom. The first kappa shape index (κ1) is 20.0. The third kappa shape index (κ3) is 9.25. The van der Waals surface area contributed by atoms with Crippen LogP contribution in [0.15, 0.2) is 0 Å². The zero-order chi connectivity index (χ0) is 12.3. The van der Waals surface area contributed by atoms with E-state index in [-0.39, 0.29) is 24.0 Å². The van der Waals surface area contributed by atoms with Gasteiger partial charge in [0.25, 0.3) is 0 Å². The van der Waals surface area contributed by atoms with Gasteiger partial charge in [0.2, 0.25) is 0 Å². The average Bonchev–Trinajstić information content (AvgIpc) is 2.31. The van der Waals surface area contributed by atoms with Crippen LogP contribution in [-0.4, -0.2) is 42.4 Å². The van der Waals surface area contributed by atoms with Crippen LogP contribution in [0, 0.1) is 0 Å². The molecule has 1 N–H and O–H groups in total. The van der Waals surface area contributed by atoms with Gasteiger partial charge < -0.3 is 33.6 Å². The maximum atomic E-state index is 9.28. The Hall–Kier alpha value is 0.650. The topological polar surface area (TPSA) is 20.2 Å². The van der Waals surface area contributed by atoms with E-state index in [0.717, 1.165) is 11.0 Å². The Balaban J connectivity index is 0. The molecule has 0 spiro atoms. The SMILES string of the molecule is CCCC[N+](CCO)(CCCC)CCCC.[I-]. The summed E-state index contributed by atoms with van der Waals surface area (Å²) in [6.07, 6.45) is 7.70. The van der Waals surface area contributed by atoms with Crippen LogP contribution >= 0.6 is 0 Å². The lowest BCUT2D eigenvalue weighted by molar-refractivity contribution is -0.929. The minimum Gasteiger partial charge on any atom is -1.00 e. The van der Waals surface area contributed by atoms with Crippen LogP contribution in [0.1, 0.15) is 59.3 Å². The van der Waals surface area contributed by atoms with Gasteiger partial charge in [-0.2, -0.15) is 0 Å². The van der Waals surface area contributed by atoms with Crippen molar-refractivity contribution in [3.05, 3.63) is 0 Å². The molecule has 106 valence electrons. The summed E-state index contributed by atoms with van der Waals surface area (Å²) in [6, 6.07) is 0. The van der Waals surface area contributed by atoms with E-state index in [0.29, 0.717) is 6.61 Å². The van der Waals surface area contributed by atoms with Crippen LogP contribution < -0.4 is 24.0 Å². The van der Waals surface area contributed by atoms with Gasteiger partial charge in [0.1, 0.15) is 6.54 Å². The molecule has 0 aliphatic rings. The number of aliphatic hydroxyl groups is 1. The molecule has 0 saturated carbocycles. The van der Waals surface area contributed by atoms with Crippen molar-refractivity contribution in [3.8, 4) is 0 Å². The van der Waals surface area contributed by atoms with Gasteiger partial charge in [-0.15, -0.1) is 0 Å². The van der Waals surface area contributed by atoms with Gasteiger partial charge >= 0.3 is 0 Å². The van der Waals surface area contributed by atoms with Gasteiger partial charge in [-0.05, 0) is 19.3 Å². The molecule has 0 aromatic heterocycles. The minimum atomic E-state index is 0. The first-order valence-electron chi connectivity index (χ1n) is 7.20. The van der Waals surface area contributed by atoms with Crippen molar-refractivity contribution in [2.24, 2.45) is 0 Å². The summed E-state index contributed by atoms with van der Waals surface area (Å²) in [5, 5.41) is 9.28. The number of nitrogens with zero attached hydrogens (tertiary/aromatic N) is 1. The number of hydrogen-bond acceptors (Lipinski definition) is 1. The summed E-state index contributed by atoms with van der Waals surface area (Å²) in [5.41, 5.74) is 0. The van der Waals surface area contributed by atoms with E-state index >= 15 is 0 Å². The highest BCUT2D eigenvalue weighted by Gasteiger charge is 2.24. The Bertz CT molecular complexity index is 131. The zero-order valence-electron chi connectivity index (χ0n) is 12.1. The van der Waals surface area contributed by atoms with Crippen molar-refractivity contribution in [1.82, 2.24) is 0 Å². The largest absolute Gasteiger partial charge is 1.00 e. The lowest BCUT2D eigenvalue weighted by Crippen LogP contribution is -3.00. The van der Waals surface area contributed by atoms with Crippen molar-refractivity contribution in [3.63, 3.8) is 0 Å². The predicted octanol–water partition coefficient (Wildman–Crippen LogP) is 0.200. The van der Waals surface area contributed by atoms with Crippen LogP contribution in [0.25, 0.3) is 0 Å². The number of halogens is 1. The van der Waals surface area contributed by atoms with E-state index in [4.69, 9.17) is 0 Å². The second kappa shape index (κ2) is 13.1. The lowest BCUT2D eigenvalue weighted by Gasteiger charge is -2.38. The van der Waals surface area contributed by atoms with Gasteiger partial charge in [-0.1, -0.05) is 40.0 Å². The molecule has 0 bridgehead atoms. The molecule has 0 saturated heterocycles. The molecule has 0 aromatic rings. The van der Waals surface area contributed by atoms with Crippen molar-refractivity contribution in [2.45, 2.75) is 59.3 Å². The molecule has 0 aromatic carbocycles. The van der Waals surface area contributed by atoms with Crippen LogP contribution in [-0.2, 0) is 0 Å². The Morgan fingerprint density at radius 3 is 1.29 bits per heavy atom. The van der Waals surface area contributed by atoms with Crippen LogP contribution in [0.4, 0.5) is 0 Å². The van der Waals surface area contributed by atoms with E-state index < -0.39 is 0 Å². The highest BCUT2D eigenvalue weighted by molar-refractivity contribution is 4.48. The van der Waals surface area contributed by atoms with Gasteiger partial charge in [-0.3, -0.25) is 0 Å².